The van der Waals surface area contributed by atoms with E-state index in [1.165, 1.54) is 10.9 Å². The van der Waals surface area contributed by atoms with Crippen LogP contribution in [0.3, 0.4) is 0 Å². The molecule has 0 aliphatic rings. The van der Waals surface area contributed by atoms with Crippen molar-refractivity contribution in [1.29, 1.82) is 0 Å². The molecular weight excluding hydrogens is 474 g/mol. The second-order valence-corrected chi connectivity index (χ2v) is 8.06. The van der Waals surface area contributed by atoms with Gasteiger partial charge in [0.05, 0.1) is 17.2 Å². The molecule has 0 spiro atoms. The van der Waals surface area contributed by atoms with Crippen LogP contribution >= 0.6 is 15.9 Å². The van der Waals surface area contributed by atoms with Crippen LogP contribution in [-0.4, -0.2) is 26.3 Å². The zero-order valence-corrected chi connectivity index (χ0v) is 18.6. The lowest BCUT2D eigenvalue weighted by Gasteiger charge is -2.04. The Hall–Kier alpha value is -3.85. The quantitative estimate of drug-likeness (QED) is 0.235. The summed E-state index contributed by atoms with van der Waals surface area (Å²) in [4.78, 5) is 23.4. The molecule has 4 aromatic rings. The molecule has 0 aliphatic carbocycles. The van der Waals surface area contributed by atoms with Gasteiger partial charge < -0.3 is 0 Å². The van der Waals surface area contributed by atoms with Crippen LogP contribution in [0.4, 0.5) is 5.69 Å². The molecule has 0 saturated heterocycles. The number of rotatable bonds is 6. The predicted molar refractivity (Wildman–Crippen MR) is 126 cm³/mol. The number of carbonyl (C=O) groups is 1. The summed E-state index contributed by atoms with van der Waals surface area (Å²) < 4.78 is 2.29. The SMILES string of the molecule is CC(=NNC(=O)c1nn(Cc2ccc(Br)cc2)cc1[N+](=O)[O-])c1ccc2ccccc2c1. The average Bonchev–Trinajstić information content (AvgIpc) is 3.22. The number of carbonyl (C=O) groups excluding carboxylic acids is 1. The van der Waals surface area contributed by atoms with Crippen molar-refractivity contribution in [2.24, 2.45) is 5.10 Å². The summed E-state index contributed by atoms with van der Waals surface area (Å²) in [6, 6.07) is 21.2. The van der Waals surface area contributed by atoms with E-state index in [-0.39, 0.29) is 11.4 Å². The minimum absolute atomic E-state index is 0.290. The Morgan fingerprint density at radius 3 is 2.56 bits per heavy atom. The summed E-state index contributed by atoms with van der Waals surface area (Å²) in [5.74, 6) is -0.744. The van der Waals surface area contributed by atoms with Crippen LogP contribution in [-0.2, 0) is 6.54 Å². The molecule has 160 valence electrons. The van der Waals surface area contributed by atoms with E-state index < -0.39 is 10.8 Å². The zero-order chi connectivity index (χ0) is 22.7. The lowest BCUT2D eigenvalue weighted by molar-refractivity contribution is -0.385. The Balaban J connectivity index is 1.54. The average molecular weight is 492 g/mol. The van der Waals surface area contributed by atoms with Gasteiger partial charge in [-0.1, -0.05) is 64.5 Å². The van der Waals surface area contributed by atoms with Gasteiger partial charge in [0.25, 0.3) is 5.91 Å². The van der Waals surface area contributed by atoms with Crippen molar-refractivity contribution in [3.63, 3.8) is 0 Å². The summed E-state index contributed by atoms with van der Waals surface area (Å²) in [5.41, 5.74) is 4.02. The van der Waals surface area contributed by atoms with Gasteiger partial charge in [0.15, 0.2) is 0 Å². The second kappa shape index (κ2) is 9.11. The summed E-state index contributed by atoms with van der Waals surface area (Å²) in [5, 5.41) is 21.8. The standard InChI is InChI=1S/C23H18BrN5O3/c1-15(18-9-8-17-4-2-3-5-19(17)12-18)25-26-23(30)22-21(29(31)32)14-28(27-22)13-16-6-10-20(24)11-7-16/h2-12,14H,13H2,1H3,(H,26,30). The normalized spacial score (nSPS) is 11.5. The number of hydrogen-bond acceptors (Lipinski definition) is 5. The minimum Gasteiger partial charge on any atom is -0.265 e. The first-order valence-electron chi connectivity index (χ1n) is 9.71. The fourth-order valence-electron chi connectivity index (χ4n) is 3.23. The van der Waals surface area contributed by atoms with Gasteiger partial charge in [0.2, 0.25) is 5.69 Å². The van der Waals surface area contributed by atoms with Crippen molar-refractivity contribution < 1.29 is 9.72 Å². The van der Waals surface area contributed by atoms with Crippen LogP contribution in [0.1, 0.15) is 28.5 Å². The van der Waals surface area contributed by atoms with Crippen LogP contribution in [0.5, 0.6) is 0 Å². The molecular formula is C23H18BrN5O3. The van der Waals surface area contributed by atoms with Crippen LogP contribution in [0.15, 0.2) is 82.5 Å². The third kappa shape index (κ3) is 4.73. The van der Waals surface area contributed by atoms with Gasteiger partial charge in [-0.2, -0.15) is 10.2 Å². The Kier molecular flexibility index (Phi) is 6.09. The van der Waals surface area contributed by atoms with Crippen LogP contribution in [0.2, 0.25) is 0 Å². The van der Waals surface area contributed by atoms with Gasteiger partial charge in [-0.3, -0.25) is 19.6 Å². The highest BCUT2D eigenvalue weighted by Crippen LogP contribution is 2.19. The van der Waals surface area contributed by atoms with E-state index in [0.29, 0.717) is 12.3 Å². The van der Waals surface area contributed by atoms with Crippen molar-refractivity contribution in [3.8, 4) is 0 Å². The molecule has 0 radical (unpaired) electrons. The number of fused-ring (bicyclic) bond motifs is 1. The molecule has 8 nitrogen and oxygen atoms in total. The largest absolute Gasteiger partial charge is 0.320 e. The monoisotopic (exact) mass is 491 g/mol. The van der Waals surface area contributed by atoms with E-state index in [9.17, 15) is 14.9 Å². The molecule has 0 atom stereocenters. The first-order chi connectivity index (χ1) is 15.4. The highest BCUT2D eigenvalue weighted by molar-refractivity contribution is 9.10. The number of halogens is 1. The zero-order valence-electron chi connectivity index (χ0n) is 17.0. The molecule has 0 unspecified atom stereocenters. The van der Waals surface area contributed by atoms with Gasteiger partial charge in [0.1, 0.15) is 6.20 Å². The van der Waals surface area contributed by atoms with Gasteiger partial charge in [-0.25, -0.2) is 5.43 Å². The van der Waals surface area contributed by atoms with Gasteiger partial charge >= 0.3 is 5.69 Å². The van der Waals surface area contributed by atoms with E-state index in [4.69, 9.17) is 0 Å². The van der Waals surface area contributed by atoms with Crippen molar-refractivity contribution in [1.82, 2.24) is 15.2 Å². The van der Waals surface area contributed by atoms with Gasteiger partial charge in [0, 0.05) is 4.47 Å². The molecule has 1 amide bonds. The highest BCUT2D eigenvalue weighted by atomic mass is 79.9. The number of nitrogens with zero attached hydrogens (tertiary/aromatic N) is 4. The summed E-state index contributed by atoms with van der Waals surface area (Å²) in [7, 11) is 0. The molecule has 9 heteroatoms. The summed E-state index contributed by atoms with van der Waals surface area (Å²) in [6.45, 7) is 2.05. The van der Waals surface area contributed by atoms with Gasteiger partial charge in [-0.05, 0) is 47.0 Å². The Morgan fingerprint density at radius 2 is 1.84 bits per heavy atom. The minimum atomic E-state index is -0.744. The van der Waals surface area contributed by atoms with E-state index in [0.717, 1.165) is 26.4 Å². The maximum atomic E-state index is 12.6. The van der Waals surface area contributed by atoms with Crippen LogP contribution < -0.4 is 5.43 Å². The molecule has 0 aliphatic heterocycles. The number of hydrazone groups is 1. The van der Waals surface area contributed by atoms with E-state index in [2.05, 4.69) is 31.6 Å². The number of nitrogens with one attached hydrogen (secondary N) is 1. The van der Waals surface area contributed by atoms with Crippen molar-refractivity contribution >= 4 is 44.0 Å². The van der Waals surface area contributed by atoms with Crippen molar-refractivity contribution in [2.45, 2.75) is 13.5 Å². The number of benzene rings is 3. The molecule has 4 rings (SSSR count). The van der Waals surface area contributed by atoms with E-state index in [1.54, 1.807) is 6.92 Å². The number of aromatic nitrogens is 2. The highest BCUT2D eigenvalue weighted by Gasteiger charge is 2.25. The Bertz CT molecular complexity index is 1350. The van der Waals surface area contributed by atoms with Crippen LogP contribution in [0, 0.1) is 10.1 Å². The maximum absolute atomic E-state index is 12.6. The fourth-order valence-corrected chi connectivity index (χ4v) is 3.49. The number of nitro groups is 1. The molecule has 32 heavy (non-hydrogen) atoms. The topological polar surface area (TPSA) is 102 Å². The lowest BCUT2D eigenvalue weighted by atomic mass is 10.0. The Morgan fingerprint density at radius 1 is 1.12 bits per heavy atom. The summed E-state index contributed by atoms with van der Waals surface area (Å²) in [6.07, 6.45) is 1.25. The molecule has 0 bridgehead atoms. The number of hydrogen-bond donors (Lipinski definition) is 1. The third-order valence-corrected chi connectivity index (χ3v) is 5.43. The molecule has 0 saturated carbocycles. The van der Waals surface area contributed by atoms with E-state index in [1.807, 2.05) is 66.7 Å². The first kappa shape index (κ1) is 21.4. The lowest BCUT2D eigenvalue weighted by Crippen LogP contribution is -2.21. The predicted octanol–water partition coefficient (Wildman–Crippen LogP) is 4.91. The smallest absolute Gasteiger partial charge is 0.265 e. The summed E-state index contributed by atoms with van der Waals surface area (Å²) >= 11 is 3.37. The fraction of sp³-hybridized carbons (Fsp3) is 0.0870. The molecule has 3 aromatic carbocycles. The molecule has 0 fully saturated rings. The first-order valence-corrected chi connectivity index (χ1v) is 10.5. The van der Waals surface area contributed by atoms with Crippen molar-refractivity contribution in [2.75, 3.05) is 0 Å². The third-order valence-electron chi connectivity index (χ3n) is 4.90. The Labute approximate surface area is 191 Å². The molecule has 1 N–H and O–H groups in total. The molecule has 1 heterocycles. The van der Waals surface area contributed by atoms with Crippen LogP contribution in [0.25, 0.3) is 10.8 Å². The number of amides is 1. The van der Waals surface area contributed by atoms with Gasteiger partial charge in [-0.15, -0.1) is 0 Å². The molecule has 1 aromatic heterocycles. The second-order valence-electron chi connectivity index (χ2n) is 7.14. The maximum Gasteiger partial charge on any atom is 0.320 e. The van der Waals surface area contributed by atoms with Crippen molar-refractivity contribution in [3.05, 3.63) is 104 Å². The van der Waals surface area contributed by atoms with E-state index >= 15 is 0 Å².